The summed E-state index contributed by atoms with van der Waals surface area (Å²) in [7, 11) is 0. The minimum Gasteiger partial charge on any atom is -0.381 e. The predicted molar refractivity (Wildman–Crippen MR) is 135 cm³/mol. The summed E-state index contributed by atoms with van der Waals surface area (Å²) in [4.78, 5) is 37.9. The summed E-state index contributed by atoms with van der Waals surface area (Å²) in [6.07, 6.45) is 9.36. The Labute approximate surface area is 207 Å². The van der Waals surface area contributed by atoms with Crippen molar-refractivity contribution in [3.8, 4) is 11.1 Å². The van der Waals surface area contributed by atoms with Crippen molar-refractivity contribution >= 4 is 34.1 Å². The standard InChI is InChI=1S/C26H27N5O3S/c1-2-21(31-25(32)22-10-16-3-6-27-14-23(16)30-22)18-9-17(12-28-13-18)19-11-24(35-15-19)26(33)29-20-4-7-34-8-5-20/h3,6,9-15,20-21,30H,2,4-5,7-8H2,1H3,(H,29,33)(H,31,32). The average molecular weight is 490 g/mol. The van der Waals surface area contributed by atoms with E-state index in [4.69, 9.17) is 4.74 Å². The molecule has 2 amide bonds. The van der Waals surface area contributed by atoms with E-state index in [1.54, 1.807) is 24.8 Å². The molecule has 9 heteroatoms. The van der Waals surface area contributed by atoms with Crippen LogP contribution in [0.1, 0.15) is 58.0 Å². The Morgan fingerprint density at radius 3 is 2.77 bits per heavy atom. The number of fused-ring (bicyclic) bond motifs is 1. The molecule has 1 fully saturated rings. The van der Waals surface area contributed by atoms with E-state index in [1.807, 2.05) is 36.6 Å². The maximum Gasteiger partial charge on any atom is 0.268 e. The maximum absolute atomic E-state index is 12.9. The first-order valence-corrected chi connectivity index (χ1v) is 12.6. The fourth-order valence-electron chi connectivity index (χ4n) is 4.26. The second-order valence-corrected chi connectivity index (χ2v) is 9.56. The molecule has 4 aromatic heterocycles. The van der Waals surface area contributed by atoms with Gasteiger partial charge in [-0.3, -0.25) is 19.6 Å². The highest BCUT2D eigenvalue weighted by Gasteiger charge is 2.20. The number of pyridine rings is 2. The molecule has 3 N–H and O–H groups in total. The van der Waals surface area contributed by atoms with Gasteiger partial charge >= 0.3 is 0 Å². The summed E-state index contributed by atoms with van der Waals surface area (Å²) in [6, 6.07) is 7.58. The van der Waals surface area contributed by atoms with Crippen LogP contribution in [-0.4, -0.2) is 46.0 Å². The number of hydrogen-bond acceptors (Lipinski definition) is 6. The third-order valence-electron chi connectivity index (χ3n) is 6.26. The first-order chi connectivity index (χ1) is 17.1. The normalized spacial score (nSPS) is 15.1. The van der Waals surface area contributed by atoms with Crippen LogP contribution in [0.25, 0.3) is 22.0 Å². The lowest BCUT2D eigenvalue weighted by Crippen LogP contribution is -2.38. The molecule has 5 heterocycles. The molecule has 5 rings (SSSR count). The van der Waals surface area contributed by atoms with E-state index < -0.39 is 0 Å². The van der Waals surface area contributed by atoms with Crippen molar-refractivity contribution < 1.29 is 14.3 Å². The van der Waals surface area contributed by atoms with Gasteiger partial charge in [-0.25, -0.2) is 0 Å². The molecule has 1 aliphatic rings. The third-order valence-corrected chi connectivity index (χ3v) is 7.19. The fraction of sp³-hybridized carbons (Fsp3) is 0.308. The van der Waals surface area contributed by atoms with Crippen molar-refractivity contribution in [1.29, 1.82) is 0 Å². The highest BCUT2D eigenvalue weighted by atomic mass is 32.1. The molecule has 0 bridgehead atoms. The lowest BCUT2D eigenvalue weighted by atomic mass is 10.0. The number of ether oxygens (including phenoxy) is 1. The molecule has 180 valence electrons. The van der Waals surface area contributed by atoms with E-state index in [9.17, 15) is 9.59 Å². The lowest BCUT2D eigenvalue weighted by molar-refractivity contribution is 0.0698. The van der Waals surface area contributed by atoms with Gasteiger partial charge in [0, 0.05) is 48.8 Å². The van der Waals surface area contributed by atoms with Crippen LogP contribution in [0.3, 0.4) is 0 Å². The van der Waals surface area contributed by atoms with Gasteiger partial charge < -0.3 is 20.4 Å². The van der Waals surface area contributed by atoms with Gasteiger partial charge in [0.2, 0.25) is 0 Å². The number of thiophene rings is 1. The van der Waals surface area contributed by atoms with Gasteiger partial charge in [0.05, 0.1) is 22.6 Å². The summed E-state index contributed by atoms with van der Waals surface area (Å²) in [5.74, 6) is -0.231. The zero-order chi connectivity index (χ0) is 24.2. The topological polar surface area (TPSA) is 109 Å². The molecule has 35 heavy (non-hydrogen) atoms. The number of rotatable bonds is 7. The Balaban J connectivity index is 1.29. The van der Waals surface area contributed by atoms with E-state index in [0.717, 1.165) is 40.4 Å². The molecule has 1 unspecified atom stereocenters. The van der Waals surface area contributed by atoms with E-state index in [1.165, 1.54) is 11.3 Å². The first kappa shape index (κ1) is 23.2. The summed E-state index contributed by atoms with van der Waals surface area (Å²) < 4.78 is 5.37. The molecule has 8 nitrogen and oxygen atoms in total. The molecule has 0 spiro atoms. The largest absolute Gasteiger partial charge is 0.381 e. The van der Waals surface area contributed by atoms with E-state index >= 15 is 0 Å². The Morgan fingerprint density at radius 2 is 1.97 bits per heavy atom. The number of carbonyl (C=O) groups excluding carboxylic acids is 2. The monoisotopic (exact) mass is 489 g/mol. The summed E-state index contributed by atoms with van der Waals surface area (Å²) in [5.41, 5.74) is 4.08. The average Bonchev–Trinajstić information content (AvgIpc) is 3.56. The van der Waals surface area contributed by atoms with Crippen molar-refractivity contribution in [3.05, 3.63) is 70.6 Å². The van der Waals surface area contributed by atoms with Crippen molar-refractivity contribution in [2.75, 3.05) is 13.2 Å². The SMILES string of the molecule is CCC(NC(=O)c1cc2ccncc2[nH]1)c1cncc(-c2csc(C(=O)NC3CCOCC3)c2)c1. The Kier molecular flexibility index (Phi) is 6.87. The molecule has 0 radical (unpaired) electrons. The van der Waals surface area contributed by atoms with Crippen molar-refractivity contribution in [2.24, 2.45) is 0 Å². The van der Waals surface area contributed by atoms with E-state index in [-0.39, 0.29) is 23.9 Å². The maximum atomic E-state index is 12.9. The minimum absolute atomic E-state index is 0.0514. The van der Waals surface area contributed by atoms with Gasteiger partial charge in [-0.15, -0.1) is 11.3 Å². The number of amides is 2. The number of nitrogens with zero attached hydrogens (tertiary/aromatic N) is 2. The highest BCUT2D eigenvalue weighted by Crippen LogP contribution is 2.28. The smallest absolute Gasteiger partial charge is 0.268 e. The summed E-state index contributed by atoms with van der Waals surface area (Å²) in [5, 5.41) is 9.12. The molecule has 1 aliphatic heterocycles. The van der Waals surface area contributed by atoms with Gasteiger partial charge in [-0.2, -0.15) is 0 Å². The molecule has 1 saturated heterocycles. The van der Waals surface area contributed by atoms with Crippen LogP contribution in [0.4, 0.5) is 0 Å². The zero-order valence-electron chi connectivity index (χ0n) is 19.4. The molecule has 0 aliphatic carbocycles. The molecule has 0 saturated carbocycles. The summed E-state index contributed by atoms with van der Waals surface area (Å²) >= 11 is 1.42. The quantitative estimate of drug-likeness (QED) is 0.355. The summed E-state index contributed by atoms with van der Waals surface area (Å²) in [6.45, 7) is 3.40. The highest BCUT2D eigenvalue weighted by molar-refractivity contribution is 7.12. The van der Waals surface area contributed by atoms with Crippen LogP contribution >= 0.6 is 11.3 Å². The second kappa shape index (κ2) is 10.4. The Morgan fingerprint density at radius 1 is 1.11 bits per heavy atom. The lowest BCUT2D eigenvalue weighted by Gasteiger charge is -2.22. The van der Waals surface area contributed by atoms with Gasteiger partial charge in [-0.1, -0.05) is 6.92 Å². The molecular formula is C26H27N5O3S. The molecular weight excluding hydrogens is 462 g/mol. The molecule has 4 aromatic rings. The first-order valence-electron chi connectivity index (χ1n) is 11.8. The van der Waals surface area contributed by atoms with Crippen molar-refractivity contribution in [3.63, 3.8) is 0 Å². The Bertz CT molecular complexity index is 1310. The number of aromatic nitrogens is 3. The molecule has 0 aromatic carbocycles. The number of nitrogens with one attached hydrogen (secondary N) is 3. The number of aromatic amines is 1. The number of H-pyrrole nitrogens is 1. The van der Waals surface area contributed by atoms with Crippen LogP contribution in [0.2, 0.25) is 0 Å². The third kappa shape index (κ3) is 5.26. The van der Waals surface area contributed by atoms with Crippen LogP contribution in [0, 0.1) is 0 Å². The van der Waals surface area contributed by atoms with E-state index in [0.29, 0.717) is 30.2 Å². The van der Waals surface area contributed by atoms with E-state index in [2.05, 4.69) is 25.6 Å². The van der Waals surface area contributed by atoms with Crippen LogP contribution in [-0.2, 0) is 4.74 Å². The second-order valence-electron chi connectivity index (χ2n) is 8.65. The van der Waals surface area contributed by atoms with Crippen molar-refractivity contribution in [2.45, 2.75) is 38.3 Å². The molecule has 1 atom stereocenters. The minimum atomic E-state index is -0.200. The van der Waals surface area contributed by atoms with Gasteiger partial charge in [-0.05, 0) is 60.0 Å². The van der Waals surface area contributed by atoms with Crippen molar-refractivity contribution in [1.82, 2.24) is 25.6 Å². The number of carbonyl (C=O) groups is 2. The van der Waals surface area contributed by atoms with Gasteiger partial charge in [0.25, 0.3) is 11.8 Å². The number of hydrogen-bond donors (Lipinski definition) is 3. The Hall–Kier alpha value is -3.56. The van der Waals surface area contributed by atoms with Crippen LogP contribution < -0.4 is 10.6 Å². The van der Waals surface area contributed by atoms with Crippen LogP contribution in [0.5, 0.6) is 0 Å². The van der Waals surface area contributed by atoms with Gasteiger partial charge in [0.1, 0.15) is 5.69 Å². The zero-order valence-corrected chi connectivity index (χ0v) is 20.2. The van der Waals surface area contributed by atoms with Crippen LogP contribution in [0.15, 0.2) is 54.4 Å². The predicted octanol–water partition coefficient (Wildman–Crippen LogP) is 4.48. The fourth-order valence-corrected chi connectivity index (χ4v) is 5.08. The van der Waals surface area contributed by atoms with Gasteiger partial charge in [0.15, 0.2) is 0 Å².